The number of rotatable bonds is 12. The average molecular weight is 667 g/mol. The molecule has 18 heteroatoms. The van der Waals surface area contributed by atoms with Crippen molar-refractivity contribution in [3.8, 4) is 0 Å². The van der Waals surface area contributed by atoms with Crippen LogP contribution in [0.1, 0.15) is 48.5 Å². The van der Waals surface area contributed by atoms with E-state index in [2.05, 4.69) is 0 Å². The molecule has 0 N–H and O–H groups in total. The van der Waals surface area contributed by atoms with Crippen LogP contribution in [0.5, 0.6) is 0 Å². The molecular weight excluding hydrogens is 628 g/mol. The second-order valence-corrected chi connectivity index (χ2v) is 11.2. The van der Waals surface area contributed by atoms with Crippen molar-refractivity contribution in [2.75, 3.05) is 20.3 Å². The van der Waals surface area contributed by atoms with Crippen LogP contribution in [0.4, 0.5) is 0 Å². The Hall–Kier alpha value is -3.48. The van der Waals surface area contributed by atoms with Gasteiger partial charge < -0.3 is 47.4 Å². The van der Waals surface area contributed by atoms with E-state index in [1.165, 1.54) is 7.11 Å². The minimum Gasteiger partial charge on any atom is -0.463 e. The van der Waals surface area contributed by atoms with Gasteiger partial charge in [-0.15, -0.1) is 11.8 Å². The molecule has 0 radical (unpaired) electrons. The van der Waals surface area contributed by atoms with Gasteiger partial charge in [-0.3, -0.25) is 33.6 Å². The molecule has 254 valence electrons. The molecule has 2 fully saturated rings. The molecule has 0 saturated carbocycles. The number of hydrogen-bond donors (Lipinski definition) is 0. The van der Waals surface area contributed by atoms with Gasteiger partial charge in [-0.1, -0.05) is 0 Å². The van der Waals surface area contributed by atoms with E-state index >= 15 is 0 Å². The summed E-state index contributed by atoms with van der Waals surface area (Å²) in [5.74, 6) is -5.39. The van der Waals surface area contributed by atoms with Crippen molar-refractivity contribution >= 4 is 53.5 Å². The van der Waals surface area contributed by atoms with Gasteiger partial charge in [0.1, 0.15) is 30.9 Å². The molecule has 2 aliphatic heterocycles. The Morgan fingerprint density at radius 1 is 0.511 bits per heavy atom. The molecule has 2 saturated heterocycles. The van der Waals surface area contributed by atoms with E-state index < -0.39 is 115 Å². The molecule has 10 atom stereocenters. The third-order valence-corrected chi connectivity index (χ3v) is 7.57. The number of carbonyl (C=O) groups is 7. The summed E-state index contributed by atoms with van der Waals surface area (Å²) in [4.78, 5) is 84.1. The number of esters is 7. The fraction of sp³-hybridized carbons (Fsp3) is 0.741. The molecule has 0 spiro atoms. The number of ether oxygens (including phenoxy) is 10. The average Bonchev–Trinajstić information content (AvgIpc) is 2.90. The van der Waals surface area contributed by atoms with E-state index in [4.69, 9.17) is 47.4 Å². The normalized spacial score (nSPS) is 31.0. The molecule has 17 nitrogen and oxygen atoms in total. The number of carbonyl (C=O) groups excluding carboxylic acids is 7. The number of thioether (sulfide) groups is 1. The summed E-state index contributed by atoms with van der Waals surface area (Å²) >= 11 is 0.823. The third kappa shape index (κ3) is 11.4. The van der Waals surface area contributed by atoms with Crippen LogP contribution in [-0.2, 0) is 80.9 Å². The lowest BCUT2D eigenvalue weighted by atomic mass is 9.99. The first-order valence-electron chi connectivity index (χ1n) is 13.7. The first-order chi connectivity index (χ1) is 21.0. The van der Waals surface area contributed by atoms with Crippen LogP contribution < -0.4 is 0 Å². The minimum atomic E-state index is -1.47. The largest absolute Gasteiger partial charge is 0.463 e. The molecule has 2 rings (SSSR count). The second-order valence-electron chi connectivity index (χ2n) is 9.90. The van der Waals surface area contributed by atoms with Gasteiger partial charge in [0.15, 0.2) is 36.8 Å². The molecule has 2 aliphatic rings. The Morgan fingerprint density at radius 3 is 1.31 bits per heavy atom. The highest BCUT2D eigenvalue weighted by molar-refractivity contribution is 8.00. The van der Waals surface area contributed by atoms with Gasteiger partial charge in [-0.05, 0) is 0 Å². The standard InChI is InChI=1S/C27H38O17S/c1-11(28)36-9-18-21(39-14(4)31)23(41-16(6)33)25(26(35-8)43-18)45-27-24(42-17(7)34)22(40-15(5)32)20(38-13(3)30)19(44-27)10-37-12(2)29/h18-27H,9-10H2,1-8H3/t18-,19-,20-,21-,22+,23+,24-,25-,26-,27-/m1/s1. The van der Waals surface area contributed by atoms with Crippen LogP contribution in [0, 0.1) is 0 Å². The van der Waals surface area contributed by atoms with Crippen molar-refractivity contribution in [1.29, 1.82) is 0 Å². The Kier molecular flexibility index (Phi) is 14.5. The van der Waals surface area contributed by atoms with Crippen LogP contribution in [0.25, 0.3) is 0 Å². The van der Waals surface area contributed by atoms with Crippen LogP contribution in [0.3, 0.4) is 0 Å². The van der Waals surface area contributed by atoms with E-state index in [1.807, 2.05) is 0 Å². The molecule has 0 aromatic rings. The summed E-state index contributed by atoms with van der Waals surface area (Å²) in [6.07, 6.45) is -10.7. The van der Waals surface area contributed by atoms with Crippen molar-refractivity contribution in [2.24, 2.45) is 0 Å². The van der Waals surface area contributed by atoms with Crippen LogP contribution in [-0.4, -0.2) is 122 Å². The number of hydrogen-bond acceptors (Lipinski definition) is 18. The van der Waals surface area contributed by atoms with Crippen LogP contribution in [0.2, 0.25) is 0 Å². The van der Waals surface area contributed by atoms with Crippen molar-refractivity contribution < 1.29 is 80.9 Å². The van der Waals surface area contributed by atoms with Gasteiger partial charge in [0.2, 0.25) is 0 Å². The second kappa shape index (κ2) is 17.3. The molecule has 0 aromatic carbocycles. The van der Waals surface area contributed by atoms with Gasteiger partial charge in [-0.2, -0.15) is 0 Å². The van der Waals surface area contributed by atoms with E-state index in [9.17, 15) is 33.6 Å². The van der Waals surface area contributed by atoms with E-state index in [0.29, 0.717) is 0 Å². The Labute approximate surface area is 263 Å². The van der Waals surface area contributed by atoms with Gasteiger partial charge >= 0.3 is 41.8 Å². The molecule has 2 heterocycles. The SMILES string of the molecule is CO[C@@H]1O[C@H](COC(C)=O)[C@@H](OC(C)=O)[C@H](OC(C)=O)[C@H]1S[C@H]1O[C@H](COC(C)=O)[C@@H](OC(C)=O)[C@H](OC(C)=O)[C@H]1OC(C)=O. The zero-order valence-electron chi connectivity index (χ0n) is 26.0. The quantitative estimate of drug-likeness (QED) is 0.198. The van der Waals surface area contributed by atoms with Gasteiger partial charge in [0.25, 0.3) is 0 Å². The zero-order valence-corrected chi connectivity index (χ0v) is 26.9. The fourth-order valence-corrected chi connectivity index (χ4v) is 6.21. The molecule has 0 aliphatic carbocycles. The topological polar surface area (TPSA) is 212 Å². The molecule has 0 bridgehead atoms. The monoisotopic (exact) mass is 666 g/mol. The Morgan fingerprint density at radius 2 is 0.889 bits per heavy atom. The maximum absolute atomic E-state index is 12.3. The third-order valence-electron chi connectivity index (χ3n) is 6.12. The lowest BCUT2D eigenvalue weighted by Gasteiger charge is -2.48. The van der Waals surface area contributed by atoms with Crippen molar-refractivity contribution in [3.05, 3.63) is 0 Å². The molecule has 0 unspecified atom stereocenters. The molecule has 45 heavy (non-hydrogen) atoms. The fourth-order valence-electron chi connectivity index (χ4n) is 4.66. The van der Waals surface area contributed by atoms with E-state index in [-0.39, 0.29) is 0 Å². The summed E-state index contributed by atoms with van der Waals surface area (Å²) < 4.78 is 55.3. The lowest BCUT2D eigenvalue weighted by molar-refractivity contribution is -0.257. The summed E-state index contributed by atoms with van der Waals surface area (Å²) in [5, 5.41) is -1.11. The number of methoxy groups -OCH3 is 1. The highest BCUT2D eigenvalue weighted by Gasteiger charge is 2.57. The van der Waals surface area contributed by atoms with Crippen LogP contribution in [0.15, 0.2) is 0 Å². The highest BCUT2D eigenvalue weighted by atomic mass is 32.2. The Balaban J connectivity index is 2.64. The van der Waals surface area contributed by atoms with Gasteiger partial charge in [-0.25, -0.2) is 0 Å². The highest BCUT2D eigenvalue weighted by Crippen LogP contribution is 2.42. The predicted octanol–water partition coefficient (Wildman–Crippen LogP) is -0.0309. The molecular formula is C27H38O17S. The maximum Gasteiger partial charge on any atom is 0.303 e. The summed E-state index contributed by atoms with van der Waals surface area (Å²) in [7, 11) is 1.27. The summed E-state index contributed by atoms with van der Waals surface area (Å²) in [6.45, 7) is 6.88. The lowest BCUT2D eigenvalue weighted by Crippen LogP contribution is -2.64. The van der Waals surface area contributed by atoms with Crippen molar-refractivity contribution in [3.63, 3.8) is 0 Å². The zero-order chi connectivity index (χ0) is 34.0. The predicted molar refractivity (Wildman–Crippen MR) is 147 cm³/mol. The smallest absolute Gasteiger partial charge is 0.303 e. The van der Waals surface area contributed by atoms with E-state index in [0.717, 1.165) is 60.2 Å². The first kappa shape index (κ1) is 37.7. The first-order valence-corrected chi connectivity index (χ1v) is 14.6. The maximum atomic E-state index is 12.3. The van der Waals surface area contributed by atoms with Gasteiger partial charge in [0.05, 0.1) is 5.25 Å². The molecule has 0 amide bonds. The summed E-state index contributed by atoms with van der Waals surface area (Å²) in [5.41, 5.74) is -1.32. The van der Waals surface area contributed by atoms with E-state index in [1.54, 1.807) is 0 Å². The molecule has 0 aromatic heterocycles. The van der Waals surface area contributed by atoms with Gasteiger partial charge in [0, 0.05) is 55.6 Å². The summed E-state index contributed by atoms with van der Waals surface area (Å²) in [6, 6.07) is 0. The van der Waals surface area contributed by atoms with Crippen molar-refractivity contribution in [1.82, 2.24) is 0 Å². The Bertz CT molecular complexity index is 1110. The minimum absolute atomic E-state index is 0.401. The van der Waals surface area contributed by atoms with Crippen LogP contribution >= 0.6 is 11.8 Å². The van der Waals surface area contributed by atoms with Crippen molar-refractivity contribution in [2.45, 2.75) is 108 Å².